The molecule has 0 fully saturated rings. The van der Waals surface area contributed by atoms with Gasteiger partial charge in [-0.05, 0) is 44.5 Å². The largest absolute Gasteiger partial charge is 0.355 e. The Balaban J connectivity index is 2.70. The Labute approximate surface area is 122 Å². The quantitative estimate of drug-likeness (QED) is 0.817. The van der Waals surface area contributed by atoms with Crippen molar-refractivity contribution in [1.29, 1.82) is 0 Å². The van der Waals surface area contributed by atoms with Crippen LogP contribution in [0.4, 0.5) is 5.69 Å². The van der Waals surface area contributed by atoms with Gasteiger partial charge in [0.1, 0.15) is 5.41 Å². The van der Waals surface area contributed by atoms with Crippen molar-refractivity contribution in [3.8, 4) is 0 Å². The second-order valence-corrected chi connectivity index (χ2v) is 5.76. The number of carbonyl (C=O) groups is 2. The van der Waals surface area contributed by atoms with Crippen LogP contribution >= 0.6 is 15.9 Å². The number of anilines is 1. The van der Waals surface area contributed by atoms with Crippen molar-refractivity contribution in [2.75, 3.05) is 11.9 Å². The van der Waals surface area contributed by atoms with Crippen molar-refractivity contribution in [2.24, 2.45) is 5.41 Å². The molecule has 2 N–H and O–H groups in total. The first-order valence-electron chi connectivity index (χ1n) is 6.23. The first-order valence-corrected chi connectivity index (χ1v) is 7.02. The molecular weight excluding hydrogens is 308 g/mol. The summed E-state index contributed by atoms with van der Waals surface area (Å²) in [4.78, 5) is 24.1. The third-order valence-corrected chi connectivity index (χ3v) is 3.30. The Hall–Kier alpha value is -1.36. The molecule has 0 aliphatic heterocycles. The Morgan fingerprint density at radius 3 is 2.26 bits per heavy atom. The molecule has 0 spiro atoms. The van der Waals surface area contributed by atoms with E-state index in [1.54, 1.807) is 26.0 Å². The van der Waals surface area contributed by atoms with E-state index < -0.39 is 5.41 Å². The van der Waals surface area contributed by atoms with E-state index in [1.165, 1.54) is 0 Å². The molecule has 0 saturated carbocycles. The Kier molecular flexibility index (Phi) is 5.54. The van der Waals surface area contributed by atoms with Crippen LogP contribution in [0.3, 0.4) is 0 Å². The Bertz CT molecular complexity index is 455. The van der Waals surface area contributed by atoms with Gasteiger partial charge in [0.05, 0.1) is 0 Å². The summed E-state index contributed by atoms with van der Waals surface area (Å²) in [6.45, 7) is 5.78. The highest BCUT2D eigenvalue weighted by Crippen LogP contribution is 2.20. The standard InChI is InChI=1S/C14H19BrN2O2/c1-4-9-16-12(18)14(2,3)13(19)17-11-7-5-10(15)6-8-11/h5-8H,4,9H2,1-3H3,(H,16,18)(H,17,19). The van der Waals surface area contributed by atoms with Crippen molar-refractivity contribution in [2.45, 2.75) is 27.2 Å². The minimum absolute atomic E-state index is 0.260. The molecule has 2 amide bonds. The highest BCUT2D eigenvalue weighted by Gasteiger charge is 2.35. The van der Waals surface area contributed by atoms with Gasteiger partial charge in [0.2, 0.25) is 11.8 Å². The first-order chi connectivity index (χ1) is 8.87. The maximum Gasteiger partial charge on any atom is 0.239 e. The average molecular weight is 327 g/mol. The van der Waals surface area contributed by atoms with Gasteiger partial charge in [-0.3, -0.25) is 9.59 Å². The van der Waals surface area contributed by atoms with Crippen LogP contribution < -0.4 is 10.6 Å². The smallest absolute Gasteiger partial charge is 0.239 e. The van der Waals surface area contributed by atoms with Gasteiger partial charge < -0.3 is 10.6 Å². The van der Waals surface area contributed by atoms with Gasteiger partial charge in [0.25, 0.3) is 0 Å². The van der Waals surface area contributed by atoms with Crippen LogP contribution in [-0.2, 0) is 9.59 Å². The summed E-state index contributed by atoms with van der Waals surface area (Å²) in [7, 11) is 0. The lowest BCUT2D eigenvalue weighted by Gasteiger charge is -2.22. The van der Waals surface area contributed by atoms with Crippen LogP contribution in [-0.4, -0.2) is 18.4 Å². The molecule has 1 rings (SSSR count). The molecule has 0 bridgehead atoms. The number of rotatable bonds is 5. The Morgan fingerprint density at radius 2 is 1.74 bits per heavy atom. The molecule has 0 aliphatic carbocycles. The predicted octanol–water partition coefficient (Wildman–Crippen LogP) is 2.94. The maximum atomic E-state index is 12.1. The Morgan fingerprint density at radius 1 is 1.16 bits per heavy atom. The topological polar surface area (TPSA) is 58.2 Å². The van der Waals surface area contributed by atoms with Gasteiger partial charge >= 0.3 is 0 Å². The van der Waals surface area contributed by atoms with E-state index in [0.717, 1.165) is 10.9 Å². The molecule has 0 heterocycles. The van der Waals surface area contributed by atoms with Crippen molar-refractivity contribution in [1.82, 2.24) is 5.32 Å². The zero-order valence-corrected chi connectivity index (χ0v) is 13.0. The summed E-state index contributed by atoms with van der Waals surface area (Å²) in [5.41, 5.74) is -0.424. The lowest BCUT2D eigenvalue weighted by molar-refractivity contribution is -0.138. The van der Waals surface area contributed by atoms with E-state index in [9.17, 15) is 9.59 Å². The summed E-state index contributed by atoms with van der Waals surface area (Å²) in [5, 5.41) is 5.49. The molecule has 0 saturated heterocycles. The number of carbonyl (C=O) groups excluding carboxylic acids is 2. The number of hydrogen-bond donors (Lipinski definition) is 2. The second kappa shape index (κ2) is 6.70. The molecule has 4 nitrogen and oxygen atoms in total. The van der Waals surface area contributed by atoms with Crippen molar-refractivity contribution >= 4 is 33.4 Å². The predicted molar refractivity (Wildman–Crippen MR) is 79.9 cm³/mol. The molecule has 0 radical (unpaired) electrons. The fourth-order valence-corrected chi connectivity index (χ4v) is 1.65. The van der Waals surface area contributed by atoms with Gasteiger partial charge in [0, 0.05) is 16.7 Å². The summed E-state index contributed by atoms with van der Waals surface area (Å²) in [5.74, 6) is -0.576. The van der Waals surface area contributed by atoms with E-state index in [1.807, 2.05) is 19.1 Å². The minimum Gasteiger partial charge on any atom is -0.355 e. The number of hydrogen-bond acceptors (Lipinski definition) is 2. The van der Waals surface area contributed by atoms with Crippen molar-refractivity contribution in [3.63, 3.8) is 0 Å². The first kappa shape index (κ1) is 15.7. The lowest BCUT2D eigenvalue weighted by Crippen LogP contribution is -2.45. The van der Waals surface area contributed by atoms with Crippen LogP contribution in [0, 0.1) is 5.41 Å². The second-order valence-electron chi connectivity index (χ2n) is 4.84. The third-order valence-electron chi connectivity index (χ3n) is 2.77. The van der Waals surface area contributed by atoms with Crippen molar-refractivity contribution < 1.29 is 9.59 Å². The monoisotopic (exact) mass is 326 g/mol. The molecule has 0 unspecified atom stereocenters. The molecule has 0 aromatic heterocycles. The van der Waals surface area contributed by atoms with Gasteiger partial charge in [0.15, 0.2) is 0 Å². The number of amides is 2. The molecule has 0 aliphatic rings. The lowest BCUT2D eigenvalue weighted by atomic mass is 9.91. The van der Waals surface area contributed by atoms with E-state index in [4.69, 9.17) is 0 Å². The van der Waals surface area contributed by atoms with E-state index in [2.05, 4.69) is 26.6 Å². The number of benzene rings is 1. The summed E-state index contributed by atoms with van der Waals surface area (Å²) in [6, 6.07) is 7.23. The van der Waals surface area contributed by atoms with E-state index >= 15 is 0 Å². The third kappa shape index (κ3) is 4.35. The molecule has 19 heavy (non-hydrogen) atoms. The average Bonchev–Trinajstić information content (AvgIpc) is 2.38. The van der Waals surface area contributed by atoms with Crippen LogP contribution in [0.5, 0.6) is 0 Å². The van der Waals surface area contributed by atoms with Gasteiger partial charge in [-0.1, -0.05) is 22.9 Å². The van der Waals surface area contributed by atoms with Crippen LogP contribution in [0.1, 0.15) is 27.2 Å². The van der Waals surface area contributed by atoms with E-state index in [0.29, 0.717) is 12.2 Å². The molecule has 5 heteroatoms. The molecule has 1 aromatic rings. The minimum atomic E-state index is -1.09. The number of nitrogens with one attached hydrogen (secondary N) is 2. The SMILES string of the molecule is CCCNC(=O)C(C)(C)C(=O)Nc1ccc(Br)cc1. The van der Waals surface area contributed by atoms with E-state index in [-0.39, 0.29) is 11.8 Å². The normalized spacial score (nSPS) is 10.9. The fraction of sp³-hybridized carbons (Fsp3) is 0.429. The highest BCUT2D eigenvalue weighted by atomic mass is 79.9. The van der Waals surface area contributed by atoms with Crippen LogP contribution in [0.25, 0.3) is 0 Å². The van der Waals surface area contributed by atoms with Gasteiger partial charge in [-0.2, -0.15) is 0 Å². The zero-order chi connectivity index (χ0) is 14.5. The van der Waals surface area contributed by atoms with Gasteiger partial charge in [-0.25, -0.2) is 0 Å². The highest BCUT2D eigenvalue weighted by molar-refractivity contribution is 9.10. The van der Waals surface area contributed by atoms with Crippen LogP contribution in [0.2, 0.25) is 0 Å². The molecule has 0 atom stereocenters. The molecule has 1 aromatic carbocycles. The summed E-state index contributed by atoms with van der Waals surface area (Å²) in [6.07, 6.45) is 0.843. The summed E-state index contributed by atoms with van der Waals surface area (Å²) >= 11 is 3.33. The fourth-order valence-electron chi connectivity index (χ4n) is 1.38. The van der Waals surface area contributed by atoms with Gasteiger partial charge in [-0.15, -0.1) is 0 Å². The zero-order valence-electron chi connectivity index (χ0n) is 11.4. The summed E-state index contributed by atoms with van der Waals surface area (Å²) < 4.78 is 0.936. The maximum absolute atomic E-state index is 12.1. The molecular formula is C14H19BrN2O2. The molecule has 104 valence electrons. The van der Waals surface area contributed by atoms with Crippen molar-refractivity contribution in [3.05, 3.63) is 28.7 Å². The number of halogens is 1. The van der Waals surface area contributed by atoms with Crippen LogP contribution in [0.15, 0.2) is 28.7 Å².